The van der Waals surface area contributed by atoms with E-state index in [1.807, 2.05) is 24.3 Å². The topological polar surface area (TPSA) is 102 Å². The Morgan fingerprint density at radius 3 is 2.43 bits per heavy atom. The Morgan fingerprint density at radius 2 is 1.68 bits per heavy atom. The van der Waals surface area contributed by atoms with Crippen LogP contribution >= 0.6 is 0 Å². The summed E-state index contributed by atoms with van der Waals surface area (Å²) in [6.45, 7) is 0.0912. The molecule has 10 heteroatoms. The summed E-state index contributed by atoms with van der Waals surface area (Å²) in [5.74, 6) is -0.226. The summed E-state index contributed by atoms with van der Waals surface area (Å²) in [6, 6.07) is 20.4. The second kappa shape index (κ2) is 10.1. The Morgan fingerprint density at radius 1 is 0.973 bits per heavy atom. The van der Waals surface area contributed by atoms with Crippen molar-refractivity contribution < 1.29 is 32.2 Å². The van der Waals surface area contributed by atoms with Crippen LogP contribution in [0.4, 0.5) is 11.4 Å². The number of carbonyl (C=O) groups excluding carboxylic acids is 2. The van der Waals surface area contributed by atoms with E-state index in [0.29, 0.717) is 29.4 Å². The van der Waals surface area contributed by atoms with Crippen molar-refractivity contribution in [3.63, 3.8) is 0 Å². The number of hydrogen-bond donors (Lipinski definition) is 0. The van der Waals surface area contributed by atoms with Crippen LogP contribution in [-0.4, -0.2) is 53.2 Å². The molecule has 3 aromatic rings. The first-order chi connectivity index (χ1) is 17.9. The second-order valence-corrected chi connectivity index (χ2v) is 10.5. The molecule has 1 atom stereocenters. The monoisotopic (exact) mass is 522 g/mol. The molecule has 3 aromatic carbocycles. The lowest BCUT2D eigenvalue weighted by atomic mass is 10.0. The highest BCUT2D eigenvalue weighted by atomic mass is 32.2. The molecule has 0 saturated heterocycles. The number of hydrogen-bond acceptors (Lipinski definition) is 7. The number of carbonyl (C=O) groups is 2. The van der Waals surface area contributed by atoms with Crippen molar-refractivity contribution in [3.8, 4) is 11.5 Å². The van der Waals surface area contributed by atoms with Gasteiger partial charge in [0.25, 0.3) is 15.9 Å². The molecule has 2 aliphatic rings. The van der Waals surface area contributed by atoms with Crippen molar-refractivity contribution >= 4 is 33.3 Å². The average molecular weight is 523 g/mol. The Hall–Kier alpha value is -4.05. The van der Waals surface area contributed by atoms with Crippen LogP contribution in [0.1, 0.15) is 12.0 Å². The molecule has 0 fully saturated rings. The van der Waals surface area contributed by atoms with Gasteiger partial charge in [0.15, 0.2) is 6.61 Å². The van der Waals surface area contributed by atoms with Crippen LogP contribution in [0.15, 0.2) is 77.7 Å². The zero-order valence-corrected chi connectivity index (χ0v) is 21.0. The van der Waals surface area contributed by atoms with Gasteiger partial charge in [-0.15, -0.1) is 0 Å². The molecule has 2 aliphatic heterocycles. The molecule has 2 heterocycles. The van der Waals surface area contributed by atoms with Gasteiger partial charge in [-0.2, -0.15) is 0 Å². The van der Waals surface area contributed by atoms with Gasteiger partial charge >= 0.3 is 5.97 Å². The highest BCUT2D eigenvalue weighted by molar-refractivity contribution is 7.92. The first-order valence-electron chi connectivity index (χ1n) is 11.9. The van der Waals surface area contributed by atoms with E-state index in [1.165, 1.54) is 40.6 Å². The van der Waals surface area contributed by atoms with Gasteiger partial charge in [0.1, 0.15) is 11.5 Å². The molecule has 0 saturated carbocycles. The lowest BCUT2D eigenvalue weighted by molar-refractivity contribution is -0.148. The van der Waals surface area contributed by atoms with Gasteiger partial charge in [0.2, 0.25) is 6.10 Å². The van der Waals surface area contributed by atoms with Crippen LogP contribution in [0.25, 0.3) is 0 Å². The maximum Gasteiger partial charge on any atom is 0.348 e. The van der Waals surface area contributed by atoms with E-state index in [1.54, 1.807) is 24.3 Å². The van der Waals surface area contributed by atoms with Crippen LogP contribution in [0, 0.1) is 0 Å². The molecule has 0 N–H and O–H groups in total. The third-order valence-electron chi connectivity index (χ3n) is 6.38. The molecule has 0 aromatic heterocycles. The molecular formula is C27H26N2O7S. The first-order valence-corrected chi connectivity index (χ1v) is 13.3. The number of methoxy groups -OCH3 is 1. The molecule has 0 spiro atoms. The number of sulfonamides is 1. The summed E-state index contributed by atoms with van der Waals surface area (Å²) in [7, 11) is -2.49. The number of ether oxygens (including phenoxy) is 3. The van der Waals surface area contributed by atoms with Gasteiger partial charge in [-0.25, -0.2) is 13.2 Å². The van der Waals surface area contributed by atoms with E-state index in [2.05, 4.69) is 0 Å². The summed E-state index contributed by atoms with van der Waals surface area (Å²) in [5, 5.41) is 0. The number of fused-ring (bicyclic) bond motifs is 2. The van der Waals surface area contributed by atoms with Crippen LogP contribution in [0.2, 0.25) is 0 Å². The zero-order chi connectivity index (χ0) is 26.0. The van der Waals surface area contributed by atoms with E-state index in [9.17, 15) is 18.0 Å². The van der Waals surface area contributed by atoms with Gasteiger partial charge in [0, 0.05) is 6.54 Å². The summed E-state index contributed by atoms with van der Waals surface area (Å²) in [4.78, 5) is 26.6. The van der Waals surface area contributed by atoms with Gasteiger partial charge in [-0.1, -0.05) is 30.3 Å². The lowest BCUT2D eigenvalue weighted by Gasteiger charge is -2.33. The lowest BCUT2D eigenvalue weighted by Crippen LogP contribution is -2.48. The summed E-state index contributed by atoms with van der Waals surface area (Å²) < 4.78 is 44.2. The Balaban J connectivity index is 1.28. The molecule has 1 amide bonds. The quantitative estimate of drug-likeness (QED) is 0.458. The van der Waals surface area contributed by atoms with E-state index in [0.717, 1.165) is 18.4 Å². The third-order valence-corrected chi connectivity index (χ3v) is 8.21. The Labute approximate surface area is 215 Å². The Kier molecular flexibility index (Phi) is 6.75. The van der Waals surface area contributed by atoms with Crippen molar-refractivity contribution in [2.45, 2.75) is 23.8 Å². The minimum atomic E-state index is -3.75. The summed E-state index contributed by atoms with van der Waals surface area (Å²) in [6.07, 6.45) is 0.645. The van der Waals surface area contributed by atoms with E-state index >= 15 is 0 Å². The molecule has 0 aliphatic carbocycles. The molecular weight excluding hydrogens is 496 g/mol. The van der Waals surface area contributed by atoms with Crippen LogP contribution in [0.5, 0.6) is 11.5 Å². The highest BCUT2D eigenvalue weighted by Crippen LogP contribution is 2.34. The van der Waals surface area contributed by atoms with Crippen LogP contribution in [-0.2, 0) is 30.8 Å². The predicted molar refractivity (Wildman–Crippen MR) is 136 cm³/mol. The minimum absolute atomic E-state index is 0.0135. The van der Waals surface area contributed by atoms with E-state index in [4.69, 9.17) is 14.2 Å². The maximum absolute atomic E-state index is 13.3. The second-order valence-electron chi connectivity index (χ2n) is 8.67. The smallest absolute Gasteiger partial charge is 0.348 e. The fraction of sp³-hybridized carbons (Fsp3) is 0.259. The fourth-order valence-electron chi connectivity index (χ4n) is 4.53. The average Bonchev–Trinajstić information content (AvgIpc) is 2.94. The van der Waals surface area contributed by atoms with E-state index < -0.39 is 22.1 Å². The van der Waals surface area contributed by atoms with Crippen molar-refractivity contribution in [1.29, 1.82) is 0 Å². The molecule has 0 unspecified atom stereocenters. The summed E-state index contributed by atoms with van der Waals surface area (Å²) in [5.41, 5.74) is 2.24. The van der Waals surface area contributed by atoms with Crippen molar-refractivity contribution in [3.05, 3.63) is 78.4 Å². The number of amides is 1. The van der Waals surface area contributed by atoms with E-state index in [-0.39, 0.29) is 24.0 Å². The molecule has 5 rings (SSSR count). The van der Waals surface area contributed by atoms with Crippen LogP contribution in [0.3, 0.4) is 0 Å². The highest BCUT2D eigenvalue weighted by Gasteiger charge is 2.34. The number of nitrogens with zero attached hydrogens (tertiary/aromatic N) is 2. The number of anilines is 2. The molecule has 192 valence electrons. The number of esters is 1. The largest absolute Gasteiger partial charge is 0.484 e. The Bertz CT molecular complexity index is 1420. The van der Waals surface area contributed by atoms with Gasteiger partial charge in [-0.05, 0) is 60.9 Å². The fourth-order valence-corrected chi connectivity index (χ4v) is 6.07. The number of para-hydroxylation sites is 3. The van der Waals surface area contributed by atoms with Crippen LogP contribution < -0.4 is 18.7 Å². The third kappa shape index (κ3) is 4.84. The summed E-state index contributed by atoms with van der Waals surface area (Å²) >= 11 is 0. The molecule has 0 radical (unpaired) electrons. The first kappa shape index (κ1) is 24.6. The molecule has 0 bridgehead atoms. The maximum atomic E-state index is 13.3. The SMILES string of the molecule is COC(=O)[C@H]1CN(C(=O)COc2ccc(S(=O)(=O)N3CCCc4ccccc43)cc2)c2ccccc2O1. The minimum Gasteiger partial charge on any atom is -0.484 e. The molecule has 9 nitrogen and oxygen atoms in total. The van der Waals surface area contributed by atoms with Gasteiger partial charge < -0.3 is 19.1 Å². The van der Waals surface area contributed by atoms with Crippen molar-refractivity contribution in [2.24, 2.45) is 0 Å². The van der Waals surface area contributed by atoms with Crippen molar-refractivity contribution in [1.82, 2.24) is 0 Å². The molecule has 37 heavy (non-hydrogen) atoms. The normalized spacial score (nSPS) is 16.7. The zero-order valence-electron chi connectivity index (χ0n) is 20.2. The van der Waals surface area contributed by atoms with Gasteiger partial charge in [-0.3, -0.25) is 9.10 Å². The van der Waals surface area contributed by atoms with Crippen molar-refractivity contribution in [2.75, 3.05) is 36.0 Å². The number of aryl methyl sites for hydroxylation is 1. The number of rotatable bonds is 6. The predicted octanol–water partition coefficient (Wildman–Crippen LogP) is 3.17. The standard InChI is InChI=1S/C27H26N2O7S/c1-34-27(31)25-17-28(23-10-4-5-11-24(23)36-25)26(30)18-35-20-12-14-21(15-13-20)37(32,33)29-16-6-8-19-7-2-3-9-22(19)29/h2-5,7,9-15,25H,6,8,16-18H2,1H3/t25-/m1/s1. The number of benzene rings is 3. The van der Waals surface area contributed by atoms with Gasteiger partial charge in [0.05, 0.1) is 29.9 Å².